The van der Waals surface area contributed by atoms with Crippen LogP contribution in [0, 0.1) is 5.92 Å². The molecule has 0 saturated carbocycles. The lowest BCUT2D eigenvalue weighted by atomic mass is 9.97. The topological polar surface area (TPSA) is 132 Å². The minimum Gasteiger partial charge on any atom is -0.481 e. The Morgan fingerprint density at radius 3 is 2.22 bits per heavy atom. The molecule has 0 bridgehead atoms. The maximum atomic E-state index is 11.1. The number of aliphatic carboxylic acids is 2. The van der Waals surface area contributed by atoms with Crippen molar-refractivity contribution < 1.29 is 34.2 Å². The molecule has 0 aromatic rings. The molecule has 0 amide bonds. The van der Waals surface area contributed by atoms with E-state index in [1.54, 1.807) is 0 Å². The highest BCUT2D eigenvalue weighted by Crippen LogP contribution is 2.47. The minimum atomic E-state index is -4.99. The average Bonchev–Trinajstić information content (AvgIpc) is 2.66. The van der Waals surface area contributed by atoms with Gasteiger partial charge in [-0.15, -0.1) is 0 Å². The molecular weight excluding hydrogens is 283 g/mol. The molecule has 1 fully saturated rings. The highest BCUT2D eigenvalue weighted by Gasteiger charge is 2.46. The zero-order valence-corrected chi connectivity index (χ0v) is 11.1. The van der Waals surface area contributed by atoms with Crippen LogP contribution in [0.15, 0.2) is 0 Å². The van der Waals surface area contributed by atoms with Gasteiger partial charge in [0.1, 0.15) is 0 Å². The van der Waals surface area contributed by atoms with Gasteiger partial charge in [-0.05, 0) is 25.0 Å². The van der Waals surface area contributed by atoms with Crippen molar-refractivity contribution in [3.05, 3.63) is 0 Å². The van der Waals surface area contributed by atoms with Gasteiger partial charge in [-0.1, -0.05) is 0 Å². The normalized spacial score (nSPS) is 23.6. The van der Waals surface area contributed by atoms with Crippen LogP contribution in [0.5, 0.6) is 0 Å². The van der Waals surface area contributed by atoms with Crippen LogP contribution in [-0.4, -0.2) is 48.6 Å². The number of carboxylic acids is 2. The Labute approximate surface area is 108 Å². The molecule has 1 rings (SSSR count). The lowest BCUT2D eigenvalue weighted by Gasteiger charge is -2.23. The van der Waals surface area contributed by atoms with Gasteiger partial charge in [-0.25, -0.2) is 0 Å². The zero-order valence-electron chi connectivity index (χ0n) is 9.43. The van der Waals surface area contributed by atoms with Crippen LogP contribution in [0.1, 0.15) is 19.3 Å². The Morgan fingerprint density at radius 1 is 1.28 bits per heavy atom. The molecule has 0 aliphatic carbocycles. The summed E-state index contributed by atoms with van der Waals surface area (Å²) in [6.45, 7) is 0. The van der Waals surface area contributed by atoms with Crippen molar-refractivity contribution in [3.8, 4) is 0 Å². The van der Waals surface area contributed by atoms with Crippen molar-refractivity contribution in [2.45, 2.75) is 30.2 Å². The quantitative estimate of drug-likeness (QED) is 0.524. The third-order valence-corrected chi connectivity index (χ3v) is 5.58. The number of thioether (sulfide) groups is 1. The van der Waals surface area contributed by atoms with Gasteiger partial charge in [0.25, 0.3) is 0 Å². The highest BCUT2D eigenvalue weighted by molar-refractivity contribution is 8.00. The third kappa shape index (κ3) is 3.98. The van der Waals surface area contributed by atoms with Crippen LogP contribution >= 0.6 is 19.4 Å². The second kappa shape index (κ2) is 6.06. The summed E-state index contributed by atoms with van der Waals surface area (Å²) in [4.78, 5) is 40.0. The molecule has 7 nitrogen and oxygen atoms in total. The van der Waals surface area contributed by atoms with Gasteiger partial charge < -0.3 is 20.0 Å². The fraction of sp³-hybridized carbons (Fsp3) is 0.778. The molecule has 0 spiro atoms. The summed E-state index contributed by atoms with van der Waals surface area (Å²) in [5.41, 5.74) is -2.17. The first-order chi connectivity index (χ1) is 8.23. The van der Waals surface area contributed by atoms with Crippen LogP contribution in [0.25, 0.3) is 0 Å². The van der Waals surface area contributed by atoms with E-state index in [4.69, 9.17) is 20.0 Å². The summed E-state index contributed by atoms with van der Waals surface area (Å²) in [6, 6.07) is 0. The SMILES string of the molecule is O=C(O)C(CC1CCCS1)C(C(=O)O)P(=O)(O)O. The molecule has 0 radical (unpaired) electrons. The summed E-state index contributed by atoms with van der Waals surface area (Å²) in [5.74, 6) is -3.93. The zero-order chi connectivity index (χ0) is 13.9. The molecule has 18 heavy (non-hydrogen) atoms. The van der Waals surface area contributed by atoms with E-state index in [9.17, 15) is 14.2 Å². The lowest BCUT2D eigenvalue weighted by molar-refractivity contribution is -0.148. The Kier molecular flexibility index (Phi) is 5.21. The van der Waals surface area contributed by atoms with Gasteiger partial charge in [0, 0.05) is 5.25 Å². The molecule has 0 aromatic heterocycles. The van der Waals surface area contributed by atoms with Crippen LogP contribution in [0.2, 0.25) is 0 Å². The number of hydrogen-bond acceptors (Lipinski definition) is 4. The Morgan fingerprint density at radius 2 is 1.89 bits per heavy atom. The number of carbonyl (C=O) groups is 2. The number of rotatable bonds is 6. The maximum Gasteiger partial charge on any atom is 0.340 e. The van der Waals surface area contributed by atoms with Gasteiger partial charge in [-0.2, -0.15) is 11.8 Å². The van der Waals surface area contributed by atoms with Crippen molar-refractivity contribution in [2.24, 2.45) is 5.92 Å². The molecule has 4 N–H and O–H groups in total. The highest BCUT2D eigenvalue weighted by atomic mass is 32.2. The summed E-state index contributed by atoms with van der Waals surface area (Å²) >= 11 is 1.52. The summed E-state index contributed by atoms with van der Waals surface area (Å²) in [5, 5.41) is 17.8. The van der Waals surface area contributed by atoms with E-state index in [1.807, 2.05) is 0 Å². The van der Waals surface area contributed by atoms with Crippen molar-refractivity contribution in [1.82, 2.24) is 0 Å². The first-order valence-corrected chi connectivity index (χ1v) is 8.09. The molecule has 1 aliphatic heterocycles. The number of hydrogen-bond donors (Lipinski definition) is 4. The van der Waals surface area contributed by atoms with Gasteiger partial charge in [0.2, 0.25) is 0 Å². The smallest absolute Gasteiger partial charge is 0.340 e. The van der Waals surface area contributed by atoms with E-state index in [0.717, 1.165) is 18.6 Å². The molecule has 9 heteroatoms. The van der Waals surface area contributed by atoms with Crippen LogP contribution < -0.4 is 0 Å². The summed E-state index contributed by atoms with van der Waals surface area (Å²) in [6.07, 6.45) is 1.64. The molecule has 0 aromatic carbocycles. The first kappa shape index (κ1) is 15.5. The van der Waals surface area contributed by atoms with Crippen LogP contribution in [0.3, 0.4) is 0 Å². The molecule has 1 saturated heterocycles. The van der Waals surface area contributed by atoms with E-state index in [1.165, 1.54) is 11.8 Å². The van der Waals surface area contributed by atoms with E-state index >= 15 is 0 Å². The predicted molar refractivity (Wildman–Crippen MR) is 64.7 cm³/mol. The van der Waals surface area contributed by atoms with Gasteiger partial charge >= 0.3 is 19.5 Å². The monoisotopic (exact) mass is 298 g/mol. The summed E-state index contributed by atoms with van der Waals surface area (Å²) < 4.78 is 11.1. The van der Waals surface area contributed by atoms with E-state index < -0.39 is 31.1 Å². The second-order valence-electron chi connectivity index (χ2n) is 4.19. The van der Waals surface area contributed by atoms with E-state index in [0.29, 0.717) is 0 Å². The fourth-order valence-electron chi connectivity index (χ4n) is 2.03. The Bertz CT molecular complexity index is 373. The molecule has 104 valence electrons. The Hall–Kier alpha value is -0.560. The largest absolute Gasteiger partial charge is 0.481 e. The van der Waals surface area contributed by atoms with Crippen LogP contribution in [-0.2, 0) is 14.2 Å². The van der Waals surface area contributed by atoms with Crippen molar-refractivity contribution in [3.63, 3.8) is 0 Å². The van der Waals surface area contributed by atoms with Crippen molar-refractivity contribution in [1.29, 1.82) is 0 Å². The van der Waals surface area contributed by atoms with E-state index in [2.05, 4.69) is 0 Å². The lowest BCUT2D eigenvalue weighted by Crippen LogP contribution is -2.36. The maximum absolute atomic E-state index is 11.1. The fourth-order valence-corrected chi connectivity index (χ4v) is 4.38. The first-order valence-electron chi connectivity index (χ1n) is 5.36. The predicted octanol–water partition coefficient (Wildman–Crippen LogP) is 0.604. The summed E-state index contributed by atoms with van der Waals surface area (Å²) in [7, 11) is -4.99. The van der Waals surface area contributed by atoms with Crippen molar-refractivity contribution in [2.75, 3.05) is 5.75 Å². The molecular formula is C9H15O7PS. The van der Waals surface area contributed by atoms with Gasteiger partial charge in [0.15, 0.2) is 5.66 Å². The standard InChI is InChI=1S/C9H15O7PS/c10-8(11)6(4-5-2-1-3-18-5)7(9(12)13)17(14,15)16/h5-7H,1-4H2,(H,10,11)(H,12,13)(H2,14,15,16). The van der Waals surface area contributed by atoms with Gasteiger partial charge in [0.05, 0.1) is 5.92 Å². The van der Waals surface area contributed by atoms with E-state index in [-0.39, 0.29) is 11.7 Å². The second-order valence-corrected chi connectivity index (χ2v) is 7.33. The molecule has 1 heterocycles. The molecule has 3 atom stereocenters. The van der Waals surface area contributed by atoms with Crippen LogP contribution in [0.4, 0.5) is 0 Å². The minimum absolute atomic E-state index is 0.0257. The third-order valence-electron chi connectivity index (χ3n) is 2.85. The van der Waals surface area contributed by atoms with Crippen molar-refractivity contribution >= 4 is 31.3 Å². The number of carboxylic acid groups (broad SMARTS) is 2. The van der Waals surface area contributed by atoms with Gasteiger partial charge in [-0.3, -0.25) is 14.2 Å². The Balaban J connectivity index is 2.90. The average molecular weight is 298 g/mol. The molecule has 3 unspecified atom stereocenters. The molecule has 1 aliphatic rings.